The average molecular weight is 223 g/mol. The molecule has 3 heteroatoms. The summed E-state index contributed by atoms with van der Waals surface area (Å²) in [6.07, 6.45) is 1.15. The van der Waals surface area contributed by atoms with Gasteiger partial charge >= 0.3 is 0 Å². The number of benzene rings is 1. The number of hydrogen-bond acceptors (Lipinski definition) is 3. The molecule has 0 amide bonds. The summed E-state index contributed by atoms with van der Waals surface area (Å²) in [5.41, 5.74) is 1.22. The zero-order valence-corrected chi connectivity index (χ0v) is 10.4. The van der Waals surface area contributed by atoms with Crippen molar-refractivity contribution in [2.24, 2.45) is 0 Å². The molecular weight excluding hydrogens is 202 g/mol. The van der Waals surface area contributed by atoms with E-state index in [4.69, 9.17) is 9.47 Å². The first-order chi connectivity index (χ1) is 7.81. The van der Waals surface area contributed by atoms with Crippen molar-refractivity contribution in [3.63, 3.8) is 0 Å². The Morgan fingerprint density at radius 1 is 1.19 bits per heavy atom. The molecule has 16 heavy (non-hydrogen) atoms. The Balaban J connectivity index is 2.68. The van der Waals surface area contributed by atoms with E-state index in [1.807, 2.05) is 19.1 Å². The molecule has 1 aromatic carbocycles. The van der Waals surface area contributed by atoms with Gasteiger partial charge in [-0.1, -0.05) is 13.0 Å². The average Bonchev–Trinajstić information content (AvgIpc) is 2.30. The molecule has 0 atom stereocenters. The Labute approximate surface area is 97.8 Å². The van der Waals surface area contributed by atoms with Crippen molar-refractivity contribution in [1.82, 2.24) is 5.32 Å². The molecule has 0 heterocycles. The van der Waals surface area contributed by atoms with Crippen LogP contribution in [0.1, 0.15) is 25.8 Å². The molecule has 0 aromatic heterocycles. The quantitative estimate of drug-likeness (QED) is 0.721. The second-order valence-corrected chi connectivity index (χ2v) is 3.60. The molecule has 1 rings (SSSR count). The van der Waals surface area contributed by atoms with Gasteiger partial charge in [0, 0.05) is 6.54 Å². The third kappa shape index (κ3) is 3.74. The number of rotatable bonds is 7. The van der Waals surface area contributed by atoms with Gasteiger partial charge in [0.2, 0.25) is 0 Å². The van der Waals surface area contributed by atoms with Crippen molar-refractivity contribution in [2.75, 3.05) is 20.3 Å². The zero-order valence-electron chi connectivity index (χ0n) is 10.4. The maximum Gasteiger partial charge on any atom is 0.161 e. The fourth-order valence-corrected chi connectivity index (χ4v) is 1.51. The van der Waals surface area contributed by atoms with E-state index in [1.54, 1.807) is 7.11 Å². The van der Waals surface area contributed by atoms with E-state index in [-0.39, 0.29) is 0 Å². The minimum atomic E-state index is 0.655. The van der Waals surface area contributed by atoms with Gasteiger partial charge in [0.1, 0.15) is 0 Å². The van der Waals surface area contributed by atoms with Crippen LogP contribution in [-0.4, -0.2) is 20.3 Å². The molecule has 1 N–H and O–H groups in total. The molecule has 0 bridgehead atoms. The van der Waals surface area contributed by atoms with Crippen LogP contribution in [0, 0.1) is 0 Å². The van der Waals surface area contributed by atoms with Gasteiger partial charge in [-0.25, -0.2) is 0 Å². The highest BCUT2D eigenvalue weighted by atomic mass is 16.5. The van der Waals surface area contributed by atoms with Crippen LogP contribution in [0.2, 0.25) is 0 Å². The van der Waals surface area contributed by atoms with Crippen molar-refractivity contribution >= 4 is 0 Å². The maximum absolute atomic E-state index is 5.52. The predicted molar refractivity (Wildman–Crippen MR) is 66.2 cm³/mol. The van der Waals surface area contributed by atoms with Crippen molar-refractivity contribution in [2.45, 2.75) is 26.8 Å². The first-order valence-electron chi connectivity index (χ1n) is 5.82. The summed E-state index contributed by atoms with van der Waals surface area (Å²) in [4.78, 5) is 0. The normalized spacial score (nSPS) is 10.2. The van der Waals surface area contributed by atoms with Crippen molar-refractivity contribution in [3.05, 3.63) is 23.8 Å². The molecule has 0 aliphatic carbocycles. The molecule has 1 aromatic rings. The molecule has 3 nitrogen and oxygen atoms in total. The largest absolute Gasteiger partial charge is 0.493 e. The summed E-state index contributed by atoms with van der Waals surface area (Å²) in [6, 6.07) is 6.04. The van der Waals surface area contributed by atoms with Crippen LogP contribution in [0.15, 0.2) is 18.2 Å². The van der Waals surface area contributed by atoms with E-state index in [1.165, 1.54) is 5.56 Å². The second-order valence-electron chi connectivity index (χ2n) is 3.60. The standard InChI is InChI=1S/C13H21NO2/c1-4-8-14-10-11-6-7-12(15-3)13(9-11)16-5-2/h6-7,9,14H,4-5,8,10H2,1-3H3. The van der Waals surface area contributed by atoms with Gasteiger partial charge in [0.05, 0.1) is 13.7 Å². The van der Waals surface area contributed by atoms with Crippen molar-refractivity contribution in [1.29, 1.82) is 0 Å². The molecule has 0 aliphatic heterocycles. The molecule has 0 saturated heterocycles. The molecular formula is C13H21NO2. The lowest BCUT2D eigenvalue weighted by Crippen LogP contribution is -2.13. The van der Waals surface area contributed by atoms with Crippen LogP contribution < -0.4 is 14.8 Å². The van der Waals surface area contributed by atoms with E-state index in [0.29, 0.717) is 6.61 Å². The summed E-state index contributed by atoms with van der Waals surface area (Å²) in [5.74, 6) is 1.61. The summed E-state index contributed by atoms with van der Waals surface area (Å²) >= 11 is 0. The summed E-state index contributed by atoms with van der Waals surface area (Å²) in [6.45, 7) is 6.70. The molecule has 0 saturated carbocycles. The lowest BCUT2D eigenvalue weighted by Gasteiger charge is -2.11. The number of nitrogens with one attached hydrogen (secondary N) is 1. The number of methoxy groups -OCH3 is 1. The first kappa shape index (κ1) is 12.8. The van der Waals surface area contributed by atoms with E-state index in [2.05, 4.69) is 18.3 Å². The lowest BCUT2D eigenvalue weighted by molar-refractivity contribution is 0.310. The maximum atomic E-state index is 5.52. The van der Waals surface area contributed by atoms with Crippen LogP contribution in [-0.2, 0) is 6.54 Å². The fourth-order valence-electron chi connectivity index (χ4n) is 1.51. The highest BCUT2D eigenvalue weighted by Gasteiger charge is 2.04. The van der Waals surface area contributed by atoms with Gasteiger partial charge in [-0.3, -0.25) is 0 Å². The Hall–Kier alpha value is -1.22. The van der Waals surface area contributed by atoms with Gasteiger partial charge in [-0.2, -0.15) is 0 Å². The topological polar surface area (TPSA) is 30.5 Å². The monoisotopic (exact) mass is 223 g/mol. The van der Waals surface area contributed by atoms with Gasteiger partial charge in [-0.15, -0.1) is 0 Å². The van der Waals surface area contributed by atoms with Crippen molar-refractivity contribution in [3.8, 4) is 11.5 Å². The minimum absolute atomic E-state index is 0.655. The van der Waals surface area contributed by atoms with Gasteiger partial charge in [0.15, 0.2) is 11.5 Å². The number of ether oxygens (including phenoxy) is 2. The van der Waals surface area contributed by atoms with Gasteiger partial charge in [-0.05, 0) is 37.6 Å². The molecule has 0 fully saturated rings. The van der Waals surface area contributed by atoms with Crippen LogP contribution in [0.25, 0.3) is 0 Å². The smallest absolute Gasteiger partial charge is 0.161 e. The molecule has 0 aliphatic rings. The molecule has 0 unspecified atom stereocenters. The second kappa shape index (κ2) is 7.12. The first-order valence-corrected chi connectivity index (χ1v) is 5.82. The van der Waals surface area contributed by atoms with E-state index in [0.717, 1.165) is 31.0 Å². The Morgan fingerprint density at radius 3 is 2.62 bits per heavy atom. The van der Waals surface area contributed by atoms with Crippen molar-refractivity contribution < 1.29 is 9.47 Å². The SMILES string of the molecule is CCCNCc1ccc(OC)c(OCC)c1. The van der Waals surface area contributed by atoms with Gasteiger partial charge in [0.25, 0.3) is 0 Å². The number of hydrogen-bond donors (Lipinski definition) is 1. The fraction of sp³-hybridized carbons (Fsp3) is 0.538. The third-order valence-electron chi connectivity index (χ3n) is 2.28. The Morgan fingerprint density at radius 2 is 2.00 bits per heavy atom. The van der Waals surface area contributed by atoms with E-state index in [9.17, 15) is 0 Å². The summed E-state index contributed by atoms with van der Waals surface area (Å²) < 4.78 is 10.8. The van der Waals surface area contributed by atoms with Crippen LogP contribution in [0.4, 0.5) is 0 Å². The zero-order chi connectivity index (χ0) is 11.8. The molecule has 0 spiro atoms. The molecule has 90 valence electrons. The van der Waals surface area contributed by atoms with E-state index >= 15 is 0 Å². The van der Waals surface area contributed by atoms with Crippen LogP contribution >= 0.6 is 0 Å². The highest BCUT2D eigenvalue weighted by molar-refractivity contribution is 5.42. The highest BCUT2D eigenvalue weighted by Crippen LogP contribution is 2.27. The van der Waals surface area contributed by atoms with Crippen LogP contribution in [0.5, 0.6) is 11.5 Å². The minimum Gasteiger partial charge on any atom is -0.493 e. The van der Waals surface area contributed by atoms with Gasteiger partial charge < -0.3 is 14.8 Å². The summed E-state index contributed by atoms with van der Waals surface area (Å²) in [7, 11) is 1.66. The Kier molecular flexibility index (Phi) is 5.72. The summed E-state index contributed by atoms with van der Waals surface area (Å²) in [5, 5.41) is 3.36. The Bertz CT molecular complexity index is 313. The van der Waals surface area contributed by atoms with E-state index < -0.39 is 0 Å². The lowest BCUT2D eigenvalue weighted by atomic mass is 10.2. The van der Waals surface area contributed by atoms with Crippen LogP contribution in [0.3, 0.4) is 0 Å². The third-order valence-corrected chi connectivity index (χ3v) is 2.28. The molecule has 0 radical (unpaired) electrons. The predicted octanol–water partition coefficient (Wildman–Crippen LogP) is 2.59.